The zero-order chi connectivity index (χ0) is 17.0. The zero-order valence-electron chi connectivity index (χ0n) is 14.5. The van der Waals surface area contributed by atoms with Crippen LogP contribution in [0.15, 0.2) is 43.1 Å². The molecule has 0 radical (unpaired) electrons. The monoisotopic (exact) mass is 339 g/mol. The first kappa shape index (κ1) is 16.4. The molecular formula is C19H25N5O. The molecule has 1 atom stereocenters. The average molecular weight is 339 g/mol. The molecular weight excluding hydrogens is 314 g/mol. The van der Waals surface area contributed by atoms with E-state index in [0.29, 0.717) is 0 Å². The number of rotatable bonds is 3. The van der Waals surface area contributed by atoms with Gasteiger partial charge in [-0.3, -0.25) is 9.88 Å². The predicted octanol–water partition coefficient (Wildman–Crippen LogP) is 1.99. The van der Waals surface area contributed by atoms with E-state index >= 15 is 0 Å². The van der Waals surface area contributed by atoms with Crippen LogP contribution in [0.1, 0.15) is 18.5 Å². The second kappa shape index (κ2) is 7.45. The normalized spacial score (nSPS) is 25.0. The molecule has 0 aliphatic carbocycles. The highest BCUT2D eigenvalue weighted by Crippen LogP contribution is 2.34. The first-order valence-electron chi connectivity index (χ1n) is 9.03. The number of anilines is 1. The molecule has 25 heavy (non-hydrogen) atoms. The SMILES string of the molecule is c1ccc(CN2CCC[C@@]3(COCCN(c4cncnc4)C3)C2)nc1. The molecule has 0 amide bonds. The second-order valence-electron chi connectivity index (χ2n) is 7.21. The number of aromatic nitrogens is 3. The van der Waals surface area contributed by atoms with Gasteiger partial charge in [-0.1, -0.05) is 6.07 Å². The quantitative estimate of drug-likeness (QED) is 0.852. The Hall–Kier alpha value is -2.05. The van der Waals surface area contributed by atoms with Gasteiger partial charge >= 0.3 is 0 Å². The molecule has 4 heterocycles. The van der Waals surface area contributed by atoms with Gasteiger partial charge in [0.2, 0.25) is 0 Å². The first-order chi connectivity index (χ1) is 12.3. The molecule has 0 bridgehead atoms. The standard InChI is InChI=1S/C19H25N5O/c1-2-6-22-17(4-1)12-23-7-3-5-19(13-23)14-24(8-9-25-15-19)18-10-20-16-21-11-18/h1-2,4,6,10-11,16H,3,5,7-9,12-15H2/t19-/m1/s1. The summed E-state index contributed by atoms with van der Waals surface area (Å²) in [6, 6.07) is 6.15. The van der Waals surface area contributed by atoms with Crippen molar-refractivity contribution >= 4 is 5.69 Å². The number of likely N-dealkylation sites (tertiary alicyclic amines) is 1. The molecule has 2 aromatic heterocycles. The van der Waals surface area contributed by atoms with Gasteiger partial charge in [0.1, 0.15) is 6.33 Å². The highest BCUT2D eigenvalue weighted by atomic mass is 16.5. The van der Waals surface area contributed by atoms with Crippen molar-refractivity contribution in [2.24, 2.45) is 5.41 Å². The number of ether oxygens (including phenoxy) is 1. The van der Waals surface area contributed by atoms with Crippen molar-refractivity contribution in [1.82, 2.24) is 19.9 Å². The van der Waals surface area contributed by atoms with Crippen LogP contribution in [0.2, 0.25) is 0 Å². The second-order valence-corrected chi connectivity index (χ2v) is 7.21. The number of piperidine rings is 1. The number of hydrogen-bond acceptors (Lipinski definition) is 6. The number of pyridine rings is 1. The van der Waals surface area contributed by atoms with Gasteiger partial charge in [0.15, 0.2) is 0 Å². The van der Waals surface area contributed by atoms with Crippen LogP contribution in [-0.2, 0) is 11.3 Å². The Morgan fingerprint density at radius 2 is 2.04 bits per heavy atom. The van der Waals surface area contributed by atoms with E-state index in [1.165, 1.54) is 12.8 Å². The van der Waals surface area contributed by atoms with E-state index in [9.17, 15) is 0 Å². The van der Waals surface area contributed by atoms with E-state index in [1.54, 1.807) is 6.33 Å². The van der Waals surface area contributed by atoms with Crippen LogP contribution in [0.5, 0.6) is 0 Å². The summed E-state index contributed by atoms with van der Waals surface area (Å²) >= 11 is 0. The Morgan fingerprint density at radius 1 is 1.12 bits per heavy atom. The van der Waals surface area contributed by atoms with Crippen molar-refractivity contribution in [2.75, 3.05) is 44.3 Å². The fourth-order valence-corrected chi connectivity index (χ4v) is 4.08. The maximum absolute atomic E-state index is 6.01. The topological polar surface area (TPSA) is 54.4 Å². The lowest BCUT2D eigenvalue weighted by Gasteiger charge is -2.43. The van der Waals surface area contributed by atoms with Crippen LogP contribution in [0.3, 0.4) is 0 Å². The Balaban J connectivity index is 1.49. The van der Waals surface area contributed by atoms with Crippen molar-refractivity contribution in [3.05, 3.63) is 48.8 Å². The molecule has 1 spiro atoms. The molecule has 2 aromatic rings. The van der Waals surface area contributed by atoms with Crippen molar-refractivity contribution in [2.45, 2.75) is 19.4 Å². The number of nitrogens with zero attached hydrogens (tertiary/aromatic N) is 5. The molecule has 2 aliphatic heterocycles. The highest BCUT2D eigenvalue weighted by Gasteiger charge is 2.39. The molecule has 0 unspecified atom stereocenters. The molecule has 0 aromatic carbocycles. The fraction of sp³-hybridized carbons (Fsp3) is 0.526. The maximum Gasteiger partial charge on any atom is 0.115 e. The minimum atomic E-state index is 0.166. The van der Waals surface area contributed by atoms with E-state index < -0.39 is 0 Å². The third-order valence-corrected chi connectivity index (χ3v) is 5.20. The molecule has 132 valence electrons. The Morgan fingerprint density at radius 3 is 2.88 bits per heavy atom. The molecule has 2 aliphatic rings. The van der Waals surface area contributed by atoms with Crippen LogP contribution in [0, 0.1) is 5.41 Å². The molecule has 4 rings (SSSR count). The third kappa shape index (κ3) is 3.96. The van der Waals surface area contributed by atoms with Crippen LogP contribution in [0.25, 0.3) is 0 Å². The first-order valence-corrected chi connectivity index (χ1v) is 9.03. The van der Waals surface area contributed by atoms with E-state index in [-0.39, 0.29) is 5.41 Å². The Labute approximate surface area is 148 Å². The summed E-state index contributed by atoms with van der Waals surface area (Å²) in [5.74, 6) is 0. The van der Waals surface area contributed by atoms with Gasteiger partial charge in [-0.15, -0.1) is 0 Å². The van der Waals surface area contributed by atoms with Crippen molar-refractivity contribution in [3.8, 4) is 0 Å². The van der Waals surface area contributed by atoms with Crippen molar-refractivity contribution < 1.29 is 4.74 Å². The average Bonchev–Trinajstić information content (AvgIpc) is 2.86. The molecule has 2 fully saturated rings. The lowest BCUT2D eigenvalue weighted by atomic mass is 9.80. The summed E-state index contributed by atoms with van der Waals surface area (Å²) in [7, 11) is 0. The van der Waals surface area contributed by atoms with E-state index in [0.717, 1.165) is 57.3 Å². The third-order valence-electron chi connectivity index (χ3n) is 5.20. The van der Waals surface area contributed by atoms with Gasteiger partial charge < -0.3 is 9.64 Å². The largest absolute Gasteiger partial charge is 0.379 e. The van der Waals surface area contributed by atoms with Gasteiger partial charge in [-0.05, 0) is 31.5 Å². The lowest BCUT2D eigenvalue weighted by Crippen LogP contribution is -2.50. The summed E-state index contributed by atoms with van der Waals surface area (Å²) < 4.78 is 6.01. The fourth-order valence-electron chi connectivity index (χ4n) is 4.08. The molecule has 6 nitrogen and oxygen atoms in total. The van der Waals surface area contributed by atoms with Gasteiger partial charge in [-0.2, -0.15) is 0 Å². The summed E-state index contributed by atoms with van der Waals surface area (Å²) in [5, 5.41) is 0. The number of hydrogen-bond donors (Lipinski definition) is 0. The molecule has 6 heteroatoms. The van der Waals surface area contributed by atoms with Crippen molar-refractivity contribution in [1.29, 1.82) is 0 Å². The maximum atomic E-state index is 6.01. The van der Waals surface area contributed by atoms with Crippen LogP contribution in [-0.4, -0.2) is 59.2 Å². The van der Waals surface area contributed by atoms with Crippen molar-refractivity contribution in [3.63, 3.8) is 0 Å². The predicted molar refractivity (Wildman–Crippen MR) is 96.2 cm³/mol. The molecule has 0 saturated carbocycles. The summed E-state index contributed by atoms with van der Waals surface area (Å²) in [5.41, 5.74) is 2.40. The van der Waals surface area contributed by atoms with Crippen LogP contribution >= 0.6 is 0 Å². The summed E-state index contributed by atoms with van der Waals surface area (Å²) in [4.78, 5) is 17.8. The van der Waals surface area contributed by atoms with Crippen LogP contribution in [0.4, 0.5) is 5.69 Å². The van der Waals surface area contributed by atoms with E-state index in [2.05, 4.69) is 36.9 Å². The minimum Gasteiger partial charge on any atom is -0.379 e. The summed E-state index contributed by atoms with van der Waals surface area (Å²) in [6.45, 7) is 6.58. The van der Waals surface area contributed by atoms with E-state index in [4.69, 9.17) is 4.74 Å². The smallest absolute Gasteiger partial charge is 0.115 e. The molecule has 0 N–H and O–H groups in total. The van der Waals surface area contributed by atoms with Crippen LogP contribution < -0.4 is 4.90 Å². The van der Waals surface area contributed by atoms with Gasteiger partial charge in [-0.25, -0.2) is 9.97 Å². The van der Waals surface area contributed by atoms with Gasteiger partial charge in [0.25, 0.3) is 0 Å². The summed E-state index contributed by atoms with van der Waals surface area (Å²) in [6.07, 6.45) is 9.68. The lowest BCUT2D eigenvalue weighted by molar-refractivity contribution is 0.0103. The Bertz CT molecular complexity index is 668. The molecule has 2 saturated heterocycles. The Kier molecular flexibility index (Phi) is 4.90. The zero-order valence-corrected chi connectivity index (χ0v) is 14.5. The van der Waals surface area contributed by atoms with E-state index in [1.807, 2.05) is 24.7 Å². The highest BCUT2D eigenvalue weighted by molar-refractivity contribution is 5.42. The minimum absolute atomic E-state index is 0.166. The van der Waals surface area contributed by atoms with Gasteiger partial charge in [0, 0.05) is 37.8 Å². The van der Waals surface area contributed by atoms with Gasteiger partial charge in [0.05, 0.1) is 37.0 Å².